The second kappa shape index (κ2) is 9.20. The average molecular weight is 465 g/mol. The van der Waals surface area contributed by atoms with Crippen molar-refractivity contribution in [3.05, 3.63) is 52.1 Å². The van der Waals surface area contributed by atoms with Crippen molar-refractivity contribution in [2.45, 2.75) is 4.90 Å². The predicted molar refractivity (Wildman–Crippen MR) is 110 cm³/mol. The fraction of sp³-hybridized carbons (Fsp3) is 0.263. The summed E-state index contributed by atoms with van der Waals surface area (Å²) in [4.78, 5) is 35.7. The highest BCUT2D eigenvalue weighted by Gasteiger charge is 2.23. The quantitative estimate of drug-likeness (QED) is 0.246. The molecule has 3 rings (SSSR count). The number of ketones is 1. The average Bonchev–Trinajstić information content (AvgIpc) is 3.23. The largest absolute Gasteiger partial charge is 0.456 e. The van der Waals surface area contributed by atoms with E-state index < -0.39 is 45.5 Å². The minimum atomic E-state index is -4.24. The molecule has 32 heavy (non-hydrogen) atoms. The summed E-state index contributed by atoms with van der Waals surface area (Å²) < 4.78 is 42.0. The molecule has 13 heteroatoms. The Kier molecular flexibility index (Phi) is 6.60. The number of ether oxygens (including phenoxy) is 3. The zero-order valence-electron chi connectivity index (χ0n) is 17.1. The van der Waals surface area contributed by atoms with Crippen molar-refractivity contribution in [2.75, 3.05) is 38.9 Å². The van der Waals surface area contributed by atoms with E-state index in [-0.39, 0.29) is 22.9 Å². The zero-order chi connectivity index (χ0) is 23.5. The molecule has 1 aliphatic heterocycles. The third-order valence-corrected chi connectivity index (χ3v) is 5.80. The van der Waals surface area contributed by atoms with Crippen LogP contribution >= 0.6 is 0 Å². The third-order valence-electron chi connectivity index (χ3n) is 4.40. The first kappa shape index (κ1) is 23.0. The minimum absolute atomic E-state index is 0.0448. The van der Waals surface area contributed by atoms with E-state index in [2.05, 4.69) is 0 Å². The molecule has 0 saturated carbocycles. The lowest BCUT2D eigenvalue weighted by Gasteiger charge is -2.13. The van der Waals surface area contributed by atoms with Gasteiger partial charge >= 0.3 is 5.97 Å². The van der Waals surface area contributed by atoms with Crippen molar-refractivity contribution < 1.29 is 37.1 Å². The first-order valence-corrected chi connectivity index (χ1v) is 10.6. The Morgan fingerprint density at radius 2 is 1.88 bits per heavy atom. The lowest BCUT2D eigenvalue weighted by atomic mass is 10.1. The first-order valence-electron chi connectivity index (χ1n) is 9.12. The normalized spacial score (nSPS) is 12.3. The molecule has 1 heterocycles. The van der Waals surface area contributed by atoms with Crippen LogP contribution in [0.15, 0.2) is 41.3 Å². The van der Waals surface area contributed by atoms with Crippen LogP contribution in [0.4, 0.5) is 11.4 Å². The lowest BCUT2D eigenvalue weighted by molar-refractivity contribution is -0.384. The number of carbonyl (C=O) groups is 2. The summed E-state index contributed by atoms with van der Waals surface area (Å²) in [5, 5.41) is 11.2. The van der Waals surface area contributed by atoms with E-state index in [9.17, 15) is 28.1 Å². The number of nitrogens with one attached hydrogen (secondary N) is 1. The van der Waals surface area contributed by atoms with Crippen LogP contribution in [0.1, 0.15) is 10.4 Å². The van der Waals surface area contributed by atoms with E-state index in [4.69, 9.17) is 14.2 Å². The van der Waals surface area contributed by atoms with Crippen LogP contribution < -0.4 is 19.1 Å². The predicted octanol–water partition coefficient (Wildman–Crippen LogP) is 1.09. The van der Waals surface area contributed by atoms with E-state index in [0.29, 0.717) is 11.5 Å². The molecule has 0 amide bonds. The number of nitro groups is 1. The zero-order valence-corrected chi connectivity index (χ0v) is 17.9. The smallest absolute Gasteiger partial charge is 0.321 e. The second-order valence-electron chi connectivity index (χ2n) is 6.78. The lowest BCUT2D eigenvalue weighted by Crippen LogP contribution is -2.31. The molecule has 1 aliphatic rings. The molecule has 0 spiro atoms. The summed E-state index contributed by atoms with van der Waals surface area (Å²) in [7, 11) is -1.08. The summed E-state index contributed by atoms with van der Waals surface area (Å²) in [6.45, 7) is -1.33. The number of nitrogens with zero attached hydrogens (tertiary/aromatic N) is 2. The van der Waals surface area contributed by atoms with Gasteiger partial charge in [0.05, 0.1) is 9.82 Å². The molecular weight excluding hydrogens is 446 g/mol. The van der Waals surface area contributed by atoms with Crippen molar-refractivity contribution in [1.82, 2.24) is 4.72 Å². The van der Waals surface area contributed by atoms with E-state index in [1.54, 1.807) is 20.2 Å². The third kappa shape index (κ3) is 5.12. The molecule has 2 aromatic carbocycles. The van der Waals surface area contributed by atoms with E-state index >= 15 is 0 Å². The first-order chi connectivity index (χ1) is 15.1. The molecule has 0 aliphatic carbocycles. The molecule has 0 saturated heterocycles. The fourth-order valence-electron chi connectivity index (χ4n) is 2.78. The summed E-state index contributed by atoms with van der Waals surface area (Å²) in [5.41, 5.74) is 0.0427. The van der Waals surface area contributed by atoms with Crippen LogP contribution in [-0.4, -0.2) is 59.1 Å². The van der Waals surface area contributed by atoms with Crippen LogP contribution in [0.25, 0.3) is 0 Å². The number of rotatable bonds is 9. The number of hydrogen-bond donors (Lipinski definition) is 1. The van der Waals surface area contributed by atoms with Gasteiger partial charge in [-0.15, -0.1) is 0 Å². The summed E-state index contributed by atoms with van der Waals surface area (Å²) in [6, 6.07) is 7.84. The molecule has 1 N–H and O–H groups in total. The minimum Gasteiger partial charge on any atom is -0.456 e. The van der Waals surface area contributed by atoms with E-state index in [0.717, 1.165) is 6.07 Å². The van der Waals surface area contributed by atoms with Crippen molar-refractivity contribution >= 4 is 33.2 Å². The van der Waals surface area contributed by atoms with Gasteiger partial charge in [-0.05, 0) is 30.3 Å². The van der Waals surface area contributed by atoms with E-state index in [1.165, 1.54) is 29.2 Å². The Morgan fingerprint density at radius 1 is 1.16 bits per heavy atom. The molecule has 0 aromatic heterocycles. The molecular formula is C19H19N3O9S. The standard InChI is InChI=1S/C19H19N3O9S/c1-21(2)14-5-4-13(8-15(14)22(25)26)32(27,28)20-9-19(24)29-10-16(23)12-3-6-17-18(7-12)31-11-30-17/h3-8,20H,9-11H2,1-2H3. The van der Waals surface area contributed by atoms with Gasteiger partial charge in [-0.3, -0.25) is 19.7 Å². The number of benzene rings is 2. The Labute approximate surface area is 182 Å². The maximum absolute atomic E-state index is 12.4. The number of anilines is 1. The summed E-state index contributed by atoms with van der Waals surface area (Å²) >= 11 is 0. The summed E-state index contributed by atoms with van der Waals surface area (Å²) in [6.07, 6.45) is 0. The van der Waals surface area contributed by atoms with Crippen molar-refractivity contribution in [3.8, 4) is 11.5 Å². The van der Waals surface area contributed by atoms with Gasteiger partial charge in [0.2, 0.25) is 16.8 Å². The van der Waals surface area contributed by atoms with Crippen LogP contribution in [0.2, 0.25) is 0 Å². The highest BCUT2D eigenvalue weighted by molar-refractivity contribution is 7.89. The van der Waals surface area contributed by atoms with Gasteiger partial charge in [-0.1, -0.05) is 0 Å². The van der Waals surface area contributed by atoms with Crippen LogP contribution in [0.3, 0.4) is 0 Å². The van der Waals surface area contributed by atoms with Gasteiger partial charge in [0, 0.05) is 25.7 Å². The van der Waals surface area contributed by atoms with Crippen LogP contribution in [-0.2, 0) is 19.6 Å². The Balaban J connectivity index is 1.58. The monoisotopic (exact) mass is 465 g/mol. The number of carbonyl (C=O) groups excluding carboxylic acids is 2. The van der Waals surface area contributed by atoms with Crippen LogP contribution in [0, 0.1) is 10.1 Å². The number of hydrogen-bond acceptors (Lipinski definition) is 10. The molecule has 0 fully saturated rings. The second-order valence-corrected chi connectivity index (χ2v) is 8.55. The number of esters is 1. The highest BCUT2D eigenvalue weighted by Crippen LogP contribution is 2.32. The maximum Gasteiger partial charge on any atom is 0.321 e. The van der Waals surface area contributed by atoms with Gasteiger partial charge in [0.1, 0.15) is 12.2 Å². The summed E-state index contributed by atoms with van der Waals surface area (Å²) in [5.74, 6) is -0.632. The van der Waals surface area contributed by atoms with Gasteiger partial charge < -0.3 is 19.1 Å². The fourth-order valence-corrected chi connectivity index (χ4v) is 3.77. The Hall–Kier alpha value is -3.71. The molecule has 0 radical (unpaired) electrons. The van der Waals surface area contributed by atoms with Gasteiger partial charge in [-0.2, -0.15) is 4.72 Å². The van der Waals surface area contributed by atoms with Gasteiger partial charge in [0.25, 0.3) is 5.69 Å². The molecule has 170 valence electrons. The number of nitro benzene ring substituents is 1. The topological polar surface area (TPSA) is 154 Å². The van der Waals surface area contributed by atoms with Crippen LogP contribution in [0.5, 0.6) is 11.5 Å². The number of fused-ring (bicyclic) bond motifs is 1. The van der Waals surface area contributed by atoms with E-state index in [1.807, 2.05) is 4.72 Å². The highest BCUT2D eigenvalue weighted by atomic mass is 32.2. The molecule has 12 nitrogen and oxygen atoms in total. The van der Waals surface area contributed by atoms with Gasteiger partial charge in [0.15, 0.2) is 23.9 Å². The van der Waals surface area contributed by atoms with Gasteiger partial charge in [-0.25, -0.2) is 8.42 Å². The number of sulfonamides is 1. The molecule has 2 aromatic rings. The SMILES string of the molecule is CN(C)c1ccc(S(=O)(=O)NCC(=O)OCC(=O)c2ccc3c(c2)OCO3)cc1[N+](=O)[O-]. The van der Waals surface area contributed by atoms with Crippen molar-refractivity contribution in [3.63, 3.8) is 0 Å². The molecule has 0 bridgehead atoms. The number of Topliss-reactive ketones (excluding diaryl/α,β-unsaturated/α-hetero) is 1. The Morgan fingerprint density at radius 3 is 2.56 bits per heavy atom. The molecule has 0 atom stereocenters. The van der Waals surface area contributed by atoms with Crippen molar-refractivity contribution in [2.24, 2.45) is 0 Å². The maximum atomic E-state index is 12.4. The Bertz CT molecular complexity index is 1180. The molecule has 0 unspecified atom stereocenters. The van der Waals surface area contributed by atoms with Crippen molar-refractivity contribution in [1.29, 1.82) is 0 Å².